The number of aryl methyl sites for hydroxylation is 1. The van der Waals surface area contributed by atoms with Crippen LogP contribution >= 0.6 is 11.8 Å². The van der Waals surface area contributed by atoms with E-state index in [-0.39, 0.29) is 17.9 Å². The molecule has 0 aliphatic carbocycles. The Morgan fingerprint density at radius 1 is 1.22 bits per heavy atom. The van der Waals surface area contributed by atoms with Crippen LogP contribution in [0.25, 0.3) is 10.9 Å². The maximum atomic E-state index is 13.6. The summed E-state index contributed by atoms with van der Waals surface area (Å²) in [4.78, 5) is 13.3. The lowest BCUT2D eigenvalue weighted by Crippen LogP contribution is -2.39. The fourth-order valence-corrected chi connectivity index (χ4v) is 4.62. The van der Waals surface area contributed by atoms with Crippen molar-refractivity contribution in [1.82, 2.24) is 15.2 Å². The molecule has 2 heterocycles. The second-order valence-electron chi connectivity index (χ2n) is 6.69. The number of rotatable bonds is 5. The third kappa shape index (κ3) is 4.11. The zero-order chi connectivity index (χ0) is 18.6. The average Bonchev–Trinajstić information content (AvgIpc) is 3.09. The Morgan fingerprint density at radius 3 is 3.04 bits per heavy atom. The molecular weight excluding hydrogens is 361 g/mol. The Balaban J connectivity index is 1.28. The summed E-state index contributed by atoms with van der Waals surface area (Å²) in [6.07, 6.45) is 3.73. The number of benzene rings is 2. The number of urea groups is 1. The molecule has 0 radical (unpaired) electrons. The molecule has 0 saturated heterocycles. The predicted molar refractivity (Wildman–Crippen MR) is 108 cm³/mol. The SMILES string of the molecule is O=C(NCCCn1ccc2ccccc21)NC1CCSc2ccc(F)cc21. The Bertz CT molecular complexity index is 956. The van der Waals surface area contributed by atoms with E-state index < -0.39 is 0 Å². The minimum atomic E-state index is -0.262. The number of hydrogen-bond acceptors (Lipinski definition) is 2. The minimum Gasteiger partial charge on any atom is -0.347 e. The highest BCUT2D eigenvalue weighted by molar-refractivity contribution is 7.99. The number of fused-ring (bicyclic) bond motifs is 2. The molecule has 0 spiro atoms. The number of carbonyl (C=O) groups excluding carboxylic acids is 1. The van der Waals surface area contributed by atoms with Crippen LogP contribution in [0.3, 0.4) is 0 Å². The van der Waals surface area contributed by atoms with Gasteiger partial charge < -0.3 is 15.2 Å². The van der Waals surface area contributed by atoms with Gasteiger partial charge in [-0.3, -0.25) is 0 Å². The second kappa shape index (κ2) is 8.05. The van der Waals surface area contributed by atoms with Gasteiger partial charge in [0.25, 0.3) is 0 Å². The van der Waals surface area contributed by atoms with Gasteiger partial charge in [-0.05, 0) is 54.1 Å². The maximum absolute atomic E-state index is 13.6. The van der Waals surface area contributed by atoms with Crippen LogP contribution in [0.4, 0.5) is 9.18 Å². The number of thioether (sulfide) groups is 1. The summed E-state index contributed by atoms with van der Waals surface area (Å²) in [6, 6.07) is 14.8. The molecule has 2 amide bonds. The minimum absolute atomic E-state index is 0.134. The van der Waals surface area contributed by atoms with Gasteiger partial charge >= 0.3 is 6.03 Å². The van der Waals surface area contributed by atoms with Crippen molar-refractivity contribution in [3.05, 3.63) is 66.1 Å². The first-order chi connectivity index (χ1) is 13.2. The molecule has 0 bridgehead atoms. The topological polar surface area (TPSA) is 46.1 Å². The Kier molecular flexibility index (Phi) is 5.34. The van der Waals surface area contributed by atoms with Crippen molar-refractivity contribution < 1.29 is 9.18 Å². The number of amides is 2. The smallest absolute Gasteiger partial charge is 0.315 e. The van der Waals surface area contributed by atoms with Crippen molar-refractivity contribution in [3.8, 4) is 0 Å². The zero-order valence-corrected chi connectivity index (χ0v) is 15.8. The largest absolute Gasteiger partial charge is 0.347 e. The van der Waals surface area contributed by atoms with Crippen molar-refractivity contribution in [3.63, 3.8) is 0 Å². The van der Waals surface area contributed by atoms with Crippen LogP contribution in [0.5, 0.6) is 0 Å². The molecule has 2 N–H and O–H groups in total. The first kappa shape index (κ1) is 17.9. The van der Waals surface area contributed by atoms with Gasteiger partial charge in [0.1, 0.15) is 5.82 Å². The van der Waals surface area contributed by atoms with Crippen molar-refractivity contribution in [1.29, 1.82) is 0 Å². The summed E-state index contributed by atoms with van der Waals surface area (Å²) in [5.74, 6) is 0.659. The lowest BCUT2D eigenvalue weighted by atomic mass is 10.0. The van der Waals surface area contributed by atoms with E-state index in [9.17, 15) is 9.18 Å². The average molecular weight is 383 g/mol. The monoisotopic (exact) mass is 383 g/mol. The summed E-state index contributed by atoms with van der Waals surface area (Å²) in [5, 5.41) is 7.14. The molecule has 6 heteroatoms. The highest BCUT2D eigenvalue weighted by atomic mass is 32.2. The molecule has 4 nitrogen and oxygen atoms in total. The first-order valence-corrected chi connectivity index (χ1v) is 10.2. The fourth-order valence-electron chi connectivity index (χ4n) is 3.51. The third-order valence-electron chi connectivity index (χ3n) is 4.86. The van der Waals surface area contributed by atoms with E-state index in [2.05, 4.69) is 39.6 Å². The molecule has 1 atom stereocenters. The van der Waals surface area contributed by atoms with Gasteiger partial charge in [0.2, 0.25) is 0 Å². The summed E-state index contributed by atoms with van der Waals surface area (Å²) < 4.78 is 15.8. The number of nitrogens with zero attached hydrogens (tertiary/aromatic N) is 1. The van der Waals surface area contributed by atoms with Gasteiger partial charge in [0.05, 0.1) is 6.04 Å². The van der Waals surface area contributed by atoms with E-state index in [0.29, 0.717) is 6.54 Å². The molecule has 27 heavy (non-hydrogen) atoms. The molecule has 1 aliphatic heterocycles. The molecular formula is C21H22FN3OS. The van der Waals surface area contributed by atoms with E-state index in [1.807, 2.05) is 12.1 Å². The van der Waals surface area contributed by atoms with Gasteiger partial charge in [0, 0.05) is 35.5 Å². The number of hydrogen-bond donors (Lipinski definition) is 2. The highest BCUT2D eigenvalue weighted by Crippen LogP contribution is 2.36. The van der Waals surface area contributed by atoms with Crippen LogP contribution in [-0.4, -0.2) is 22.9 Å². The fraction of sp³-hybridized carbons (Fsp3) is 0.286. The molecule has 1 aromatic heterocycles. The second-order valence-corrected chi connectivity index (χ2v) is 7.83. The molecule has 2 aromatic carbocycles. The van der Waals surface area contributed by atoms with Crippen molar-refractivity contribution in [2.24, 2.45) is 0 Å². The van der Waals surface area contributed by atoms with Crippen molar-refractivity contribution in [2.45, 2.75) is 30.3 Å². The summed E-state index contributed by atoms with van der Waals surface area (Å²) in [7, 11) is 0. The Hall–Kier alpha value is -2.47. The summed E-state index contributed by atoms with van der Waals surface area (Å²) in [5.41, 5.74) is 2.08. The van der Waals surface area contributed by atoms with Gasteiger partial charge in [-0.25, -0.2) is 9.18 Å². The quantitative estimate of drug-likeness (QED) is 0.627. The van der Waals surface area contributed by atoms with Crippen LogP contribution in [0.2, 0.25) is 0 Å². The number of nitrogens with one attached hydrogen (secondary N) is 2. The zero-order valence-electron chi connectivity index (χ0n) is 15.0. The number of halogens is 1. The van der Waals surface area contributed by atoms with E-state index in [1.54, 1.807) is 17.8 Å². The molecule has 140 valence electrons. The van der Waals surface area contributed by atoms with E-state index in [4.69, 9.17) is 0 Å². The van der Waals surface area contributed by atoms with E-state index in [0.717, 1.165) is 35.6 Å². The van der Waals surface area contributed by atoms with Crippen LogP contribution < -0.4 is 10.6 Å². The summed E-state index contributed by atoms with van der Waals surface area (Å²) >= 11 is 1.71. The first-order valence-electron chi connectivity index (χ1n) is 9.21. The lowest BCUT2D eigenvalue weighted by Gasteiger charge is -2.26. The van der Waals surface area contributed by atoms with Gasteiger partial charge in [-0.15, -0.1) is 11.8 Å². The summed E-state index contributed by atoms with van der Waals surface area (Å²) in [6.45, 7) is 1.44. The number of para-hydroxylation sites is 1. The maximum Gasteiger partial charge on any atom is 0.315 e. The molecule has 3 aromatic rings. The van der Waals surface area contributed by atoms with Crippen LogP contribution in [0, 0.1) is 5.82 Å². The third-order valence-corrected chi connectivity index (χ3v) is 5.98. The van der Waals surface area contributed by atoms with Crippen molar-refractivity contribution in [2.75, 3.05) is 12.3 Å². The Morgan fingerprint density at radius 2 is 2.11 bits per heavy atom. The Labute approximate surface area is 162 Å². The molecule has 0 fully saturated rings. The van der Waals surface area contributed by atoms with Gasteiger partial charge in [-0.2, -0.15) is 0 Å². The standard InChI is InChI=1S/C21H22FN3OS/c22-16-6-7-20-17(14-16)18(9-13-27-20)24-21(26)23-10-3-11-25-12-8-15-4-1-2-5-19(15)25/h1-2,4-8,12,14,18H,3,9-11,13H2,(H2,23,24,26). The van der Waals surface area contributed by atoms with Gasteiger partial charge in [0.15, 0.2) is 0 Å². The van der Waals surface area contributed by atoms with E-state index in [1.165, 1.54) is 23.0 Å². The molecule has 4 rings (SSSR count). The highest BCUT2D eigenvalue weighted by Gasteiger charge is 2.22. The lowest BCUT2D eigenvalue weighted by molar-refractivity contribution is 0.236. The van der Waals surface area contributed by atoms with Gasteiger partial charge in [-0.1, -0.05) is 18.2 Å². The predicted octanol–water partition coefficient (Wildman–Crippen LogP) is 4.71. The number of aromatic nitrogens is 1. The molecule has 0 saturated carbocycles. The van der Waals surface area contributed by atoms with Crippen LogP contribution in [0.1, 0.15) is 24.4 Å². The normalized spacial score (nSPS) is 16.1. The molecule has 1 unspecified atom stereocenters. The number of carbonyl (C=O) groups is 1. The van der Waals surface area contributed by atoms with Crippen LogP contribution in [-0.2, 0) is 6.54 Å². The molecule has 1 aliphatic rings. The van der Waals surface area contributed by atoms with Crippen LogP contribution in [0.15, 0.2) is 59.6 Å². The van der Waals surface area contributed by atoms with E-state index >= 15 is 0 Å². The van der Waals surface area contributed by atoms with Crippen molar-refractivity contribution >= 4 is 28.7 Å².